The van der Waals surface area contributed by atoms with Gasteiger partial charge in [0.2, 0.25) is 0 Å². The Morgan fingerprint density at radius 1 is 0.949 bits per heavy atom. The molecule has 0 spiro atoms. The molecule has 3 heterocycles. The second kappa shape index (κ2) is 14.4. The Bertz CT molecular complexity index is 1030. The summed E-state index contributed by atoms with van der Waals surface area (Å²) in [6, 6.07) is 13.5. The first-order chi connectivity index (χ1) is 19.0. The lowest BCUT2D eigenvalue weighted by Crippen LogP contribution is -2.45. The molecule has 0 unspecified atom stereocenters. The molecule has 7 nitrogen and oxygen atoms in total. The lowest BCUT2D eigenvalue weighted by molar-refractivity contribution is 0.0471. The van der Waals surface area contributed by atoms with Crippen LogP contribution in [-0.4, -0.2) is 93.3 Å². The first kappa shape index (κ1) is 28.9. The fourth-order valence-electron chi connectivity index (χ4n) is 5.71. The molecule has 3 aliphatic rings. The third-order valence-electron chi connectivity index (χ3n) is 8.22. The third kappa shape index (κ3) is 8.23. The number of halogens is 2. The van der Waals surface area contributed by atoms with E-state index in [0.717, 1.165) is 69.4 Å². The molecule has 3 atom stereocenters. The van der Waals surface area contributed by atoms with Crippen molar-refractivity contribution < 1.29 is 14.6 Å². The maximum absolute atomic E-state index is 11.4. The normalized spacial score (nSPS) is 21.7. The highest BCUT2D eigenvalue weighted by Gasteiger charge is 2.27. The van der Waals surface area contributed by atoms with Crippen LogP contribution in [0.5, 0.6) is 5.75 Å². The Morgan fingerprint density at radius 3 is 2.44 bits per heavy atom. The molecule has 0 radical (unpaired) electrons. The van der Waals surface area contributed by atoms with Crippen molar-refractivity contribution in [2.75, 3.05) is 77.2 Å². The van der Waals surface area contributed by atoms with Gasteiger partial charge in [-0.3, -0.25) is 10.2 Å². The molecule has 39 heavy (non-hydrogen) atoms. The number of anilines is 1. The largest absolute Gasteiger partial charge is 0.491 e. The molecule has 2 N–H and O–H groups in total. The molecular formula is C30H42Cl2N4O3. The van der Waals surface area contributed by atoms with Gasteiger partial charge < -0.3 is 24.4 Å². The fourth-order valence-corrected chi connectivity index (χ4v) is 6.08. The van der Waals surface area contributed by atoms with Crippen molar-refractivity contribution >= 4 is 28.9 Å². The van der Waals surface area contributed by atoms with Crippen LogP contribution in [0, 0.1) is 5.92 Å². The fraction of sp³-hybridized carbons (Fsp3) is 0.600. The highest BCUT2D eigenvalue weighted by atomic mass is 35.5. The zero-order valence-corrected chi connectivity index (χ0v) is 24.3. The average Bonchev–Trinajstić information content (AvgIpc) is 3.60. The SMILES string of the molecule is O[C@H](c1ccc(OCCN2CCC2)c(Cl)c1)[C@@H](CN1CCCC1)NCOC[C@H]1CCN(c2ccc(Cl)cc2)C1. The summed E-state index contributed by atoms with van der Waals surface area (Å²) in [5.74, 6) is 1.15. The highest BCUT2D eigenvalue weighted by Crippen LogP contribution is 2.30. The van der Waals surface area contributed by atoms with Gasteiger partial charge in [0.05, 0.1) is 30.5 Å². The molecule has 0 bridgehead atoms. The molecule has 2 aromatic rings. The van der Waals surface area contributed by atoms with Crippen molar-refractivity contribution in [1.82, 2.24) is 15.1 Å². The molecule has 0 aromatic heterocycles. The molecule has 0 amide bonds. The Labute approximate surface area is 242 Å². The van der Waals surface area contributed by atoms with Gasteiger partial charge in [-0.25, -0.2) is 0 Å². The number of nitrogens with zero attached hydrogens (tertiary/aromatic N) is 3. The minimum Gasteiger partial charge on any atom is -0.491 e. The Morgan fingerprint density at radius 2 is 1.72 bits per heavy atom. The van der Waals surface area contributed by atoms with Crippen molar-refractivity contribution in [2.45, 2.75) is 37.8 Å². The summed E-state index contributed by atoms with van der Waals surface area (Å²) in [4.78, 5) is 7.17. The van der Waals surface area contributed by atoms with E-state index in [1.807, 2.05) is 30.3 Å². The third-order valence-corrected chi connectivity index (χ3v) is 8.77. The minimum atomic E-state index is -0.700. The van der Waals surface area contributed by atoms with E-state index in [0.29, 0.717) is 36.6 Å². The van der Waals surface area contributed by atoms with Crippen LogP contribution in [0.1, 0.15) is 37.4 Å². The molecule has 214 valence electrons. The van der Waals surface area contributed by atoms with Crippen molar-refractivity contribution in [3.8, 4) is 5.75 Å². The van der Waals surface area contributed by atoms with E-state index in [1.54, 1.807) is 0 Å². The topological polar surface area (TPSA) is 60.4 Å². The number of rotatable bonds is 14. The lowest BCUT2D eigenvalue weighted by Gasteiger charge is -2.30. The second-order valence-corrected chi connectivity index (χ2v) is 11.9. The highest BCUT2D eigenvalue weighted by molar-refractivity contribution is 6.32. The molecule has 5 rings (SSSR count). The van der Waals surface area contributed by atoms with E-state index in [2.05, 4.69) is 32.1 Å². The van der Waals surface area contributed by atoms with Crippen LogP contribution in [-0.2, 0) is 4.74 Å². The predicted molar refractivity (Wildman–Crippen MR) is 158 cm³/mol. The van der Waals surface area contributed by atoms with Gasteiger partial charge in [-0.2, -0.15) is 0 Å². The number of benzene rings is 2. The smallest absolute Gasteiger partial charge is 0.137 e. The number of ether oxygens (including phenoxy) is 2. The number of aliphatic hydroxyl groups is 1. The van der Waals surface area contributed by atoms with E-state index in [1.165, 1.54) is 24.9 Å². The van der Waals surface area contributed by atoms with Crippen LogP contribution >= 0.6 is 23.2 Å². The number of nitrogens with one attached hydrogen (secondary N) is 1. The summed E-state index contributed by atoms with van der Waals surface area (Å²) in [5.41, 5.74) is 2.00. The maximum atomic E-state index is 11.4. The molecule has 0 aliphatic carbocycles. The standard InChI is InChI=1S/C30H42Cl2N4O3/c31-25-5-7-26(8-6-25)36-15-10-23(19-36)21-38-22-33-28(20-35-11-1-2-12-35)30(37)24-4-9-29(27(32)18-24)39-17-16-34-13-3-14-34/h4-9,18,23,28,30,33,37H,1-3,10-17,19-22H2/t23-,28+,30+/m0/s1. The summed E-state index contributed by atoms with van der Waals surface area (Å²) in [5, 5.41) is 16.2. The van der Waals surface area contributed by atoms with Gasteiger partial charge in [0.15, 0.2) is 0 Å². The maximum Gasteiger partial charge on any atom is 0.137 e. The summed E-state index contributed by atoms with van der Waals surface area (Å²) in [6.07, 6.45) is 4.09. The number of hydrogen-bond acceptors (Lipinski definition) is 7. The van der Waals surface area contributed by atoms with Gasteiger partial charge in [0.25, 0.3) is 0 Å². The summed E-state index contributed by atoms with van der Waals surface area (Å²) >= 11 is 12.6. The Hall–Kier alpha value is -1.58. The first-order valence-corrected chi connectivity index (χ1v) is 15.2. The van der Waals surface area contributed by atoms with Gasteiger partial charge in [0.1, 0.15) is 12.4 Å². The van der Waals surface area contributed by atoms with Gasteiger partial charge in [-0.15, -0.1) is 0 Å². The van der Waals surface area contributed by atoms with E-state index >= 15 is 0 Å². The van der Waals surface area contributed by atoms with Gasteiger partial charge in [-0.1, -0.05) is 29.3 Å². The Balaban J connectivity index is 1.11. The average molecular weight is 578 g/mol. The lowest BCUT2D eigenvalue weighted by atomic mass is 10.0. The first-order valence-electron chi connectivity index (χ1n) is 14.4. The van der Waals surface area contributed by atoms with Gasteiger partial charge in [-0.05, 0) is 93.8 Å². The van der Waals surface area contributed by atoms with Crippen LogP contribution in [0.4, 0.5) is 5.69 Å². The predicted octanol–water partition coefficient (Wildman–Crippen LogP) is 4.67. The summed E-state index contributed by atoms with van der Waals surface area (Å²) in [7, 11) is 0. The molecule has 3 fully saturated rings. The quantitative estimate of drug-likeness (QED) is 0.250. The second-order valence-electron chi connectivity index (χ2n) is 11.1. The van der Waals surface area contributed by atoms with Crippen molar-refractivity contribution in [3.63, 3.8) is 0 Å². The molecule has 0 saturated carbocycles. The Kier molecular flexibility index (Phi) is 10.6. The summed E-state index contributed by atoms with van der Waals surface area (Å²) < 4.78 is 12.0. The molecular weight excluding hydrogens is 535 g/mol. The zero-order chi connectivity index (χ0) is 27.0. The van der Waals surface area contributed by atoms with Crippen LogP contribution in [0.3, 0.4) is 0 Å². The molecule has 2 aromatic carbocycles. The molecule has 3 saturated heterocycles. The van der Waals surface area contributed by atoms with E-state index in [-0.39, 0.29) is 6.04 Å². The van der Waals surface area contributed by atoms with Crippen LogP contribution < -0.4 is 15.0 Å². The number of hydrogen-bond donors (Lipinski definition) is 2. The van der Waals surface area contributed by atoms with Crippen LogP contribution in [0.25, 0.3) is 0 Å². The van der Waals surface area contributed by atoms with E-state index in [9.17, 15) is 5.11 Å². The van der Waals surface area contributed by atoms with Crippen LogP contribution in [0.15, 0.2) is 42.5 Å². The summed E-state index contributed by atoms with van der Waals surface area (Å²) in [6.45, 7) is 9.85. The number of aliphatic hydroxyl groups excluding tert-OH is 1. The molecule has 3 aliphatic heterocycles. The zero-order valence-electron chi connectivity index (χ0n) is 22.7. The van der Waals surface area contributed by atoms with Crippen LogP contribution in [0.2, 0.25) is 10.0 Å². The van der Waals surface area contributed by atoms with E-state index < -0.39 is 6.10 Å². The van der Waals surface area contributed by atoms with Crippen molar-refractivity contribution in [2.24, 2.45) is 5.92 Å². The monoisotopic (exact) mass is 576 g/mol. The number of likely N-dealkylation sites (tertiary alicyclic amines) is 2. The van der Waals surface area contributed by atoms with Crippen molar-refractivity contribution in [3.05, 3.63) is 58.1 Å². The van der Waals surface area contributed by atoms with Gasteiger partial charge in [0, 0.05) is 42.8 Å². The van der Waals surface area contributed by atoms with E-state index in [4.69, 9.17) is 32.7 Å². The molecule has 9 heteroatoms. The minimum absolute atomic E-state index is 0.161. The van der Waals surface area contributed by atoms with Gasteiger partial charge >= 0.3 is 0 Å². The van der Waals surface area contributed by atoms with Crippen molar-refractivity contribution in [1.29, 1.82) is 0 Å².